The maximum atomic E-state index is 6.24. The first-order chi connectivity index (χ1) is 8.02. The molecule has 0 aliphatic carbocycles. The summed E-state index contributed by atoms with van der Waals surface area (Å²) in [6.07, 6.45) is 3.44. The second-order valence-electron chi connectivity index (χ2n) is 4.90. The quantitative estimate of drug-likeness (QED) is 0.803. The molecule has 0 aliphatic heterocycles. The van der Waals surface area contributed by atoms with Crippen LogP contribution in [0.15, 0.2) is 22.7 Å². The summed E-state index contributed by atoms with van der Waals surface area (Å²) >= 11 is 9.66. The average molecular weight is 319 g/mol. The first-order valence-corrected chi connectivity index (χ1v) is 7.31. The van der Waals surface area contributed by atoms with Crippen LogP contribution < -0.4 is 5.32 Å². The van der Waals surface area contributed by atoms with Crippen molar-refractivity contribution >= 4 is 27.5 Å². The highest BCUT2D eigenvalue weighted by Gasteiger charge is 2.10. The Morgan fingerprint density at radius 3 is 2.53 bits per heavy atom. The molecule has 0 saturated carbocycles. The highest BCUT2D eigenvalue weighted by atomic mass is 79.9. The molecule has 1 aromatic rings. The second kappa shape index (κ2) is 7.40. The van der Waals surface area contributed by atoms with Gasteiger partial charge in [-0.1, -0.05) is 47.4 Å². The molecule has 0 amide bonds. The molecule has 1 rings (SSSR count). The Bertz CT molecular complexity index is 352. The van der Waals surface area contributed by atoms with E-state index in [1.54, 1.807) is 0 Å². The van der Waals surface area contributed by atoms with Gasteiger partial charge in [0.1, 0.15) is 0 Å². The normalized spacial score (nSPS) is 13.1. The van der Waals surface area contributed by atoms with Gasteiger partial charge in [-0.05, 0) is 49.9 Å². The van der Waals surface area contributed by atoms with Gasteiger partial charge in [0.15, 0.2) is 0 Å². The zero-order valence-corrected chi connectivity index (χ0v) is 13.1. The van der Waals surface area contributed by atoms with Gasteiger partial charge in [-0.2, -0.15) is 0 Å². The summed E-state index contributed by atoms with van der Waals surface area (Å²) in [6.45, 7) is 4.53. The third-order valence-corrected chi connectivity index (χ3v) is 3.83. The summed E-state index contributed by atoms with van der Waals surface area (Å²) in [7, 11) is 2.03. The molecule has 0 radical (unpaired) electrons. The molecule has 0 fully saturated rings. The van der Waals surface area contributed by atoms with E-state index >= 15 is 0 Å². The Kier molecular flexibility index (Phi) is 6.53. The summed E-state index contributed by atoms with van der Waals surface area (Å²) in [5.74, 6) is 0.756. The number of likely N-dealkylation sites (N-methyl/N-ethyl adjacent to an activating group) is 1. The summed E-state index contributed by atoms with van der Waals surface area (Å²) in [5, 5.41) is 4.23. The Balaban J connectivity index is 2.60. The van der Waals surface area contributed by atoms with Crippen LogP contribution in [0.3, 0.4) is 0 Å². The van der Waals surface area contributed by atoms with Crippen molar-refractivity contribution in [3.05, 3.63) is 33.3 Å². The number of benzene rings is 1. The summed E-state index contributed by atoms with van der Waals surface area (Å²) in [6, 6.07) is 6.63. The van der Waals surface area contributed by atoms with Gasteiger partial charge in [0, 0.05) is 15.5 Å². The number of halogens is 2. The van der Waals surface area contributed by atoms with E-state index in [1.807, 2.05) is 13.1 Å². The molecule has 96 valence electrons. The fourth-order valence-corrected chi connectivity index (χ4v) is 2.59. The minimum Gasteiger partial charge on any atom is -0.317 e. The van der Waals surface area contributed by atoms with E-state index in [2.05, 4.69) is 47.2 Å². The highest BCUT2D eigenvalue weighted by molar-refractivity contribution is 9.10. The van der Waals surface area contributed by atoms with Gasteiger partial charge in [0.05, 0.1) is 0 Å². The van der Waals surface area contributed by atoms with Crippen molar-refractivity contribution in [2.45, 2.75) is 39.2 Å². The number of hydrogen-bond acceptors (Lipinski definition) is 1. The van der Waals surface area contributed by atoms with Crippen LogP contribution in [0.5, 0.6) is 0 Å². The molecule has 1 aromatic carbocycles. The van der Waals surface area contributed by atoms with Gasteiger partial charge < -0.3 is 5.32 Å². The largest absolute Gasteiger partial charge is 0.317 e. The van der Waals surface area contributed by atoms with Crippen LogP contribution in [0, 0.1) is 5.92 Å². The molecule has 1 unspecified atom stereocenters. The van der Waals surface area contributed by atoms with Crippen molar-refractivity contribution in [2.75, 3.05) is 7.05 Å². The fourth-order valence-electron chi connectivity index (χ4n) is 1.84. The van der Waals surface area contributed by atoms with E-state index in [0.717, 1.165) is 21.8 Å². The maximum Gasteiger partial charge on any atom is 0.0449 e. The lowest BCUT2D eigenvalue weighted by Gasteiger charge is -2.18. The van der Waals surface area contributed by atoms with Crippen molar-refractivity contribution in [2.24, 2.45) is 5.92 Å². The first-order valence-electron chi connectivity index (χ1n) is 6.14. The van der Waals surface area contributed by atoms with Crippen LogP contribution in [0.2, 0.25) is 5.02 Å². The second-order valence-corrected chi connectivity index (χ2v) is 6.22. The summed E-state index contributed by atoms with van der Waals surface area (Å²) in [5.41, 5.74) is 1.22. The molecular weight excluding hydrogens is 298 g/mol. The van der Waals surface area contributed by atoms with Gasteiger partial charge in [-0.25, -0.2) is 0 Å². The van der Waals surface area contributed by atoms with Crippen LogP contribution in [0.4, 0.5) is 0 Å². The minimum absolute atomic E-state index is 0.510. The highest BCUT2D eigenvalue weighted by Crippen LogP contribution is 2.23. The monoisotopic (exact) mass is 317 g/mol. The van der Waals surface area contributed by atoms with Crippen molar-refractivity contribution in [3.8, 4) is 0 Å². The Labute approximate surface area is 118 Å². The van der Waals surface area contributed by atoms with Crippen molar-refractivity contribution in [1.82, 2.24) is 5.32 Å². The number of hydrogen-bond donors (Lipinski definition) is 1. The lowest BCUT2D eigenvalue weighted by atomic mass is 9.98. The van der Waals surface area contributed by atoms with Crippen LogP contribution >= 0.6 is 27.5 Å². The van der Waals surface area contributed by atoms with Crippen molar-refractivity contribution in [1.29, 1.82) is 0 Å². The van der Waals surface area contributed by atoms with Gasteiger partial charge in [0.25, 0.3) is 0 Å². The Morgan fingerprint density at radius 1 is 1.29 bits per heavy atom. The number of nitrogens with one attached hydrogen (secondary N) is 1. The lowest BCUT2D eigenvalue weighted by molar-refractivity contribution is 0.451. The molecule has 1 N–H and O–H groups in total. The molecule has 1 atom stereocenters. The molecule has 0 spiro atoms. The van der Waals surface area contributed by atoms with Crippen molar-refractivity contribution < 1.29 is 0 Å². The Morgan fingerprint density at radius 2 is 2.00 bits per heavy atom. The van der Waals surface area contributed by atoms with E-state index in [4.69, 9.17) is 11.6 Å². The van der Waals surface area contributed by atoms with Gasteiger partial charge in [-0.15, -0.1) is 0 Å². The molecule has 0 saturated heterocycles. The lowest BCUT2D eigenvalue weighted by Crippen LogP contribution is -2.28. The average Bonchev–Trinajstić information content (AvgIpc) is 2.26. The predicted molar refractivity (Wildman–Crippen MR) is 79.8 cm³/mol. The van der Waals surface area contributed by atoms with E-state index in [9.17, 15) is 0 Å². The number of rotatable bonds is 6. The standard InChI is InChI=1S/C14H21BrClN/c1-10(2)4-7-13(17-3)8-11-5-6-12(15)9-14(11)16/h5-6,9-10,13,17H,4,7-8H2,1-3H3. The minimum atomic E-state index is 0.510. The molecular formula is C14H21BrClN. The Hall–Kier alpha value is -0.0500. The topological polar surface area (TPSA) is 12.0 Å². The van der Waals surface area contributed by atoms with Gasteiger partial charge in [-0.3, -0.25) is 0 Å². The zero-order chi connectivity index (χ0) is 12.8. The zero-order valence-electron chi connectivity index (χ0n) is 10.8. The fraction of sp³-hybridized carbons (Fsp3) is 0.571. The van der Waals surface area contributed by atoms with Gasteiger partial charge in [0.2, 0.25) is 0 Å². The SMILES string of the molecule is CNC(CCC(C)C)Cc1ccc(Br)cc1Cl. The van der Waals surface area contributed by atoms with Crippen LogP contribution in [-0.2, 0) is 6.42 Å². The third kappa shape index (κ3) is 5.41. The molecule has 0 bridgehead atoms. The van der Waals surface area contributed by atoms with Crippen LogP contribution in [-0.4, -0.2) is 13.1 Å². The van der Waals surface area contributed by atoms with E-state index in [1.165, 1.54) is 18.4 Å². The first kappa shape index (κ1) is 15.0. The molecule has 3 heteroatoms. The maximum absolute atomic E-state index is 6.24. The van der Waals surface area contributed by atoms with Crippen molar-refractivity contribution in [3.63, 3.8) is 0 Å². The summed E-state index contributed by atoms with van der Waals surface area (Å²) in [4.78, 5) is 0. The molecule has 0 aromatic heterocycles. The molecule has 17 heavy (non-hydrogen) atoms. The van der Waals surface area contributed by atoms with E-state index in [-0.39, 0.29) is 0 Å². The van der Waals surface area contributed by atoms with Gasteiger partial charge >= 0.3 is 0 Å². The van der Waals surface area contributed by atoms with Crippen LogP contribution in [0.25, 0.3) is 0 Å². The van der Waals surface area contributed by atoms with E-state index in [0.29, 0.717) is 6.04 Å². The predicted octanol–water partition coefficient (Wildman–Crippen LogP) is 4.67. The molecule has 0 aliphatic rings. The van der Waals surface area contributed by atoms with E-state index < -0.39 is 0 Å². The third-order valence-electron chi connectivity index (χ3n) is 2.98. The smallest absolute Gasteiger partial charge is 0.0449 e. The molecule has 0 heterocycles. The van der Waals surface area contributed by atoms with Crippen LogP contribution in [0.1, 0.15) is 32.3 Å². The molecule has 1 nitrogen and oxygen atoms in total. The summed E-state index contributed by atoms with van der Waals surface area (Å²) < 4.78 is 1.04.